The van der Waals surface area contributed by atoms with Gasteiger partial charge in [-0.2, -0.15) is 0 Å². The zero-order valence-electron chi connectivity index (χ0n) is 15.2. The number of anilines is 1. The van der Waals surface area contributed by atoms with Crippen molar-refractivity contribution < 1.29 is 19.2 Å². The van der Waals surface area contributed by atoms with Crippen LogP contribution in [-0.2, 0) is 16.0 Å². The van der Waals surface area contributed by atoms with Crippen molar-refractivity contribution in [3.8, 4) is 0 Å². The minimum atomic E-state index is -0.485. The van der Waals surface area contributed by atoms with Crippen LogP contribution in [0.5, 0.6) is 0 Å². The standard InChI is InChI=1S/C19H21N3O5/c1-13-11-15(5-8-17(13)22(25)26)19(24)21-16-6-3-14(4-7-16)12-18(23)20-9-10-27-2/h3-8,11H,9-10,12H2,1-2H3,(H,20,23)(H,21,24). The molecule has 2 aromatic rings. The second kappa shape index (κ2) is 9.44. The smallest absolute Gasteiger partial charge is 0.272 e. The van der Waals surface area contributed by atoms with E-state index >= 15 is 0 Å². The number of amides is 2. The predicted octanol–water partition coefficient (Wildman–Crippen LogP) is 2.46. The molecular weight excluding hydrogens is 350 g/mol. The molecule has 0 heterocycles. The number of nitrogens with zero attached hydrogens (tertiary/aromatic N) is 1. The highest BCUT2D eigenvalue weighted by Crippen LogP contribution is 2.20. The summed E-state index contributed by atoms with van der Waals surface area (Å²) in [5, 5.41) is 16.3. The van der Waals surface area contributed by atoms with E-state index < -0.39 is 4.92 Å². The molecule has 0 saturated carbocycles. The third-order valence-corrected chi connectivity index (χ3v) is 3.86. The summed E-state index contributed by atoms with van der Waals surface area (Å²) in [4.78, 5) is 34.4. The van der Waals surface area contributed by atoms with Gasteiger partial charge in [0, 0.05) is 36.5 Å². The van der Waals surface area contributed by atoms with E-state index in [0.29, 0.717) is 30.0 Å². The molecule has 2 aromatic carbocycles. The molecule has 0 aliphatic heterocycles. The van der Waals surface area contributed by atoms with Gasteiger partial charge in [-0.25, -0.2) is 0 Å². The van der Waals surface area contributed by atoms with Gasteiger partial charge >= 0.3 is 0 Å². The van der Waals surface area contributed by atoms with Crippen LogP contribution in [0.2, 0.25) is 0 Å². The first-order chi connectivity index (χ1) is 12.9. The van der Waals surface area contributed by atoms with Crippen molar-refractivity contribution in [2.75, 3.05) is 25.6 Å². The number of carbonyl (C=O) groups excluding carboxylic acids is 2. The van der Waals surface area contributed by atoms with E-state index in [1.54, 1.807) is 38.3 Å². The molecule has 2 amide bonds. The summed E-state index contributed by atoms with van der Waals surface area (Å²) in [6.07, 6.45) is 0.236. The first kappa shape index (κ1) is 20.1. The molecule has 0 aliphatic carbocycles. The maximum atomic E-state index is 12.3. The van der Waals surface area contributed by atoms with Crippen LogP contribution in [0.3, 0.4) is 0 Å². The first-order valence-corrected chi connectivity index (χ1v) is 8.31. The number of nitro benzene ring substituents is 1. The van der Waals surface area contributed by atoms with E-state index in [0.717, 1.165) is 5.56 Å². The summed E-state index contributed by atoms with van der Waals surface area (Å²) < 4.78 is 4.87. The Balaban J connectivity index is 1.95. The topological polar surface area (TPSA) is 111 Å². The third kappa shape index (κ3) is 5.89. The Morgan fingerprint density at radius 3 is 2.44 bits per heavy atom. The number of nitro groups is 1. The molecule has 8 heteroatoms. The van der Waals surface area contributed by atoms with E-state index in [1.165, 1.54) is 18.2 Å². The molecular formula is C19H21N3O5. The molecule has 0 unspecified atom stereocenters. The molecule has 2 N–H and O–H groups in total. The minimum absolute atomic E-state index is 0.0281. The van der Waals surface area contributed by atoms with Gasteiger partial charge in [-0.05, 0) is 36.8 Å². The van der Waals surface area contributed by atoms with Crippen molar-refractivity contribution in [1.82, 2.24) is 5.32 Å². The molecule has 0 fully saturated rings. The number of hydrogen-bond donors (Lipinski definition) is 2. The van der Waals surface area contributed by atoms with Crippen molar-refractivity contribution in [1.29, 1.82) is 0 Å². The second-order valence-electron chi connectivity index (χ2n) is 5.93. The molecule has 142 valence electrons. The fourth-order valence-electron chi connectivity index (χ4n) is 2.45. The monoisotopic (exact) mass is 371 g/mol. The van der Waals surface area contributed by atoms with Crippen LogP contribution in [0.1, 0.15) is 21.5 Å². The number of aryl methyl sites for hydroxylation is 1. The van der Waals surface area contributed by atoms with Gasteiger partial charge in [0.15, 0.2) is 0 Å². The predicted molar refractivity (Wildman–Crippen MR) is 101 cm³/mol. The van der Waals surface area contributed by atoms with Gasteiger partial charge in [0.05, 0.1) is 18.0 Å². The maximum absolute atomic E-state index is 12.3. The number of ether oxygens (including phenoxy) is 1. The summed E-state index contributed by atoms with van der Waals surface area (Å²) in [5.74, 6) is -0.469. The van der Waals surface area contributed by atoms with Gasteiger partial charge in [-0.15, -0.1) is 0 Å². The van der Waals surface area contributed by atoms with Gasteiger partial charge in [-0.1, -0.05) is 12.1 Å². The number of hydrogen-bond acceptors (Lipinski definition) is 5. The van der Waals surface area contributed by atoms with Gasteiger partial charge in [0.25, 0.3) is 11.6 Å². The van der Waals surface area contributed by atoms with Crippen LogP contribution in [0.25, 0.3) is 0 Å². The van der Waals surface area contributed by atoms with Crippen LogP contribution in [0.4, 0.5) is 11.4 Å². The second-order valence-corrected chi connectivity index (χ2v) is 5.93. The van der Waals surface area contributed by atoms with Crippen LogP contribution in [0, 0.1) is 17.0 Å². The minimum Gasteiger partial charge on any atom is -0.383 e. The summed E-state index contributed by atoms with van der Waals surface area (Å²) in [6, 6.07) is 11.1. The maximum Gasteiger partial charge on any atom is 0.272 e. The van der Waals surface area contributed by atoms with Crippen molar-refractivity contribution in [3.05, 3.63) is 69.3 Å². The Kier molecular flexibility index (Phi) is 7.01. The van der Waals surface area contributed by atoms with Crippen LogP contribution >= 0.6 is 0 Å². The van der Waals surface area contributed by atoms with E-state index in [4.69, 9.17) is 4.74 Å². The lowest BCUT2D eigenvalue weighted by molar-refractivity contribution is -0.385. The molecule has 0 aromatic heterocycles. The van der Waals surface area contributed by atoms with Crippen LogP contribution < -0.4 is 10.6 Å². The molecule has 0 radical (unpaired) electrons. The third-order valence-electron chi connectivity index (χ3n) is 3.86. The van der Waals surface area contributed by atoms with Crippen molar-refractivity contribution in [2.45, 2.75) is 13.3 Å². The molecule has 0 aliphatic rings. The van der Waals surface area contributed by atoms with Gasteiger partial charge in [0.2, 0.25) is 5.91 Å². The van der Waals surface area contributed by atoms with Crippen molar-refractivity contribution in [3.63, 3.8) is 0 Å². The van der Waals surface area contributed by atoms with E-state index in [-0.39, 0.29) is 23.9 Å². The van der Waals surface area contributed by atoms with E-state index in [9.17, 15) is 19.7 Å². The average Bonchev–Trinajstić information content (AvgIpc) is 2.63. The summed E-state index contributed by atoms with van der Waals surface area (Å²) in [5.41, 5.74) is 2.11. The zero-order valence-corrected chi connectivity index (χ0v) is 15.2. The largest absolute Gasteiger partial charge is 0.383 e. The number of methoxy groups -OCH3 is 1. The Morgan fingerprint density at radius 1 is 1.15 bits per heavy atom. The summed E-state index contributed by atoms with van der Waals surface area (Å²) in [6.45, 7) is 2.50. The van der Waals surface area contributed by atoms with Gasteiger partial charge in [-0.3, -0.25) is 19.7 Å². The van der Waals surface area contributed by atoms with Gasteiger partial charge < -0.3 is 15.4 Å². The highest BCUT2D eigenvalue weighted by Gasteiger charge is 2.14. The molecule has 27 heavy (non-hydrogen) atoms. The van der Waals surface area contributed by atoms with Crippen LogP contribution in [0.15, 0.2) is 42.5 Å². The highest BCUT2D eigenvalue weighted by molar-refractivity contribution is 6.04. The molecule has 0 atom stereocenters. The Morgan fingerprint density at radius 2 is 1.85 bits per heavy atom. The number of carbonyl (C=O) groups is 2. The van der Waals surface area contributed by atoms with Crippen LogP contribution in [-0.4, -0.2) is 37.0 Å². The lowest BCUT2D eigenvalue weighted by Gasteiger charge is -2.08. The normalized spacial score (nSPS) is 10.3. The van der Waals surface area contributed by atoms with Crippen molar-refractivity contribution >= 4 is 23.2 Å². The first-order valence-electron chi connectivity index (χ1n) is 8.31. The fourth-order valence-corrected chi connectivity index (χ4v) is 2.45. The fraction of sp³-hybridized carbons (Fsp3) is 0.263. The molecule has 2 rings (SSSR count). The van der Waals surface area contributed by atoms with E-state index in [1.807, 2.05) is 0 Å². The Hall–Kier alpha value is -3.26. The van der Waals surface area contributed by atoms with E-state index in [2.05, 4.69) is 10.6 Å². The summed E-state index contributed by atoms with van der Waals surface area (Å²) >= 11 is 0. The molecule has 0 saturated heterocycles. The lowest BCUT2D eigenvalue weighted by atomic mass is 10.1. The zero-order chi connectivity index (χ0) is 19.8. The number of rotatable bonds is 8. The van der Waals surface area contributed by atoms with Gasteiger partial charge in [0.1, 0.15) is 0 Å². The summed E-state index contributed by atoms with van der Waals surface area (Å²) in [7, 11) is 1.57. The number of benzene rings is 2. The SMILES string of the molecule is COCCNC(=O)Cc1ccc(NC(=O)c2ccc([N+](=O)[O-])c(C)c2)cc1. The highest BCUT2D eigenvalue weighted by atomic mass is 16.6. The Labute approximate surface area is 156 Å². The number of nitrogens with one attached hydrogen (secondary N) is 2. The quantitative estimate of drug-likeness (QED) is 0.421. The average molecular weight is 371 g/mol. The lowest BCUT2D eigenvalue weighted by Crippen LogP contribution is -2.28. The van der Waals surface area contributed by atoms with Crippen molar-refractivity contribution in [2.24, 2.45) is 0 Å². The Bertz CT molecular complexity index is 834. The molecule has 0 bridgehead atoms. The molecule has 8 nitrogen and oxygen atoms in total. The molecule has 0 spiro atoms.